The topological polar surface area (TPSA) is 107 Å². The predicted octanol–water partition coefficient (Wildman–Crippen LogP) is -0.163. The molecule has 2 heterocycles. The number of carboxylic acids is 1. The molecule has 0 spiro atoms. The van der Waals surface area contributed by atoms with E-state index < -0.39 is 12.0 Å². The highest BCUT2D eigenvalue weighted by Gasteiger charge is 2.21. The number of nitrogens with zero attached hydrogens (tertiary/aromatic N) is 6. The summed E-state index contributed by atoms with van der Waals surface area (Å²) in [5.41, 5.74) is 0. The van der Waals surface area contributed by atoms with Gasteiger partial charge in [-0.15, -0.1) is 10.2 Å². The molecule has 0 fully saturated rings. The van der Waals surface area contributed by atoms with E-state index in [-0.39, 0.29) is 0 Å². The lowest BCUT2D eigenvalue weighted by molar-refractivity contribution is -0.140. The molecule has 2 aromatic rings. The Kier molecular flexibility index (Phi) is 2.37. The van der Waals surface area contributed by atoms with Crippen molar-refractivity contribution in [3.8, 4) is 10.7 Å². The Morgan fingerprint density at radius 2 is 2.47 bits per heavy atom. The Bertz CT molecular complexity index is 466. The first-order valence-corrected chi connectivity index (χ1v) is 4.76. The van der Waals surface area contributed by atoms with E-state index in [9.17, 15) is 4.79 Å². The minimum atomic E-state index is -0.999. The Morgan fingerprint density at radius 1 is 1.67 bits per heavy atom. The van der Waals surface area contributed by atoms with Crippen LogP contribution >= 0.6 is 11.5 Å². The van der Waals surface area contributed by atoms with E-state index in [1.165, 1.54) is 17.8 Å². The number of aromatic nitrogens is 6. The highest BCUT2D eigenvalue weighted by atomic mass is 32.1. The van der Waals surface area contributed by atoms with Crippen LogP contribution in [0.4, 0.5) is 0 Å². The predicted molar refractivity (Wildman–Crippen MR) is 49.1 cm³/mol. The third-order valence-electron chi connectivity index (χ3n) is 1.80. The quantitative estimate of drug-likeness (QED) is 0.774. The molecule has 2 rings (SSSR count). The summed E-state index contributed by atoms with van der Waals surface area (Å²) >= 11 is 1.11. The molecule has 0 bridgehead atoms. The zero-order valence-electron chi connectivity index (χ0n) is 7.60. The van der Waals surface area contributed by atoms with Gasteiger partial charge in [0.15, 0.2) is 11.9 Å². The average Bonchev–Trinajstić information content (AvgIpc) is 2.86. The smallest absolute Gasteiger partial charge is 0.328 e. The van der Waals surface area contributed by atoms with Crippen LogP contribution in [0, 0.1) is 0 Å². The van der Waals surface area contributed by atoms with E-state index in [4.69, 9.17) is 5.11 Å². The fraction of sp³-hybridized carbons (Fsp3) is 0.333. The van der Waals surface area contributed by atoms with Gasteiger partial charge >= 0.3 is 5.97 Å². The zero-order valence-corrected chi connectivity index (χ0v) is 8.42. The second-order valence-corrected chi connectivity index (χ2v) is 3.53. The van der Waals surface area contributed by atoms with E-state index in [2.05, 4.69) is 25.1 Å². The van der Waals surface area contributed by atoms with Gasteiger partial charge in [0.25, 0.3) is 0 Å². The summed E-state index contributed by atoms with van der Waals surface area (Å²) in [5.74, 6) is -0.638. The molecule has 78 valence electrons. The largest absolute Gasteiger partial charge is 0.480 e. The fourth-order valence-corrected chi connectivity index (χ4v) is 1.48. The van der Waals surface area contributed by atoms with Crippen molar-refractivity contribution in [1.82, 2.24) is 29.8 Å². The highest BCUT2D eigenvalue weighted by Crippen LogP contribution is 2.20. The van der Waals surface area contributed by atoms with Gasteiger partial charge in [-0.05, 0) is 28.9 Å². The van der Waals surface area contributed by atoms with Gasteiger partial charge in [0.1, 0.15) is 4.88 Å². The number of carbonyl (C=O) groups is 1. The van der Waals surface area contributed by atoms with Crippen LogP contribution in [0.3, 0.4) is 0 Å². The molecule has 0 saturated heterocycles. The molecule has 1 N–H and O–H groups in total. The van der Waals surface area contributed by atoms with Crippen LogP contribution in [0.1, 0.15) is 13.0 Å². The van der Waals surface area contributed by atoms with Crippen molar-refractivity contribution in [1.29, 1.82) is 0 Å². The maximum Gasteiger partial charge on any atom is 0.328 e. The second kappa shape index (κ2) is 3.69. The Balaban J connectivity index is 2.43. The maximum atomic E-state index is 10.8. The van der Waals surface area contributed by atoms with Crippen molar-refractivity contribution in [3.05, 3.63) is 6.20 Å². The number of tetrazole rings is 1. The van der Waals surface area contributed by atoms with Crippen molar-refractivity contribution in [3.63, 3.8) is 0 Å². The van der Waals surface area contributed by atoms with E-state index >= 15 is 0 Å². The summed E-state index contributed by atoms with van der Waals surface area (Å²) in [6.07, 6.45) is 1.49. The molecular formula is C6H6N6O2S. The molecule has 0 aromatic carbocycles. The van der Waals surface area contributed by atoms with Gasteiger partial charge in [-0.2, -0.15) is 0 Å². The third kappa shape index (κ3) is 1.68. The van der Waals surface area contributed by atoms with Crippen LogP contribution in [0.25, 0.3) is 10.7 Å². The van der Waals surface area contributed by atoms with Crippen molar-refractivity contribution in [2.24, 2.45) is 0 Å². The SMILES string of the molecule is CC(C(=O)O)n1nnnc1-c1cnns1. The number of carboxylic acid groups (broad SMARTS) is 1. The molecule has 0 saturated carbocycles. The summed E-state index contributed by atoms with van der Waals surface area (Å²) in [4.78, 5) is 11.4. The minimum absolute atomic E-state index is 0.361. The van der Waals surface area contributed by atoms with Crippen LogP contribution in [0.5, 0.6) is 0 Å². The first-order chi connectivity index (χ1) is 7.20. The van der Waals surface area contributed by atoms with Gasteiger partial charge in [0.05, 0.1) is 6.20 Å². The van der Waals surface area contributed by atoms with E-state index in [1.807, 2.05) is 0 Å². The van der Waals surface area contributed by atoms with Crippen molar-refractivity contribution in [2.75, 3.05) is 0 Å². The first kappa shape index (κ1) is 9.65. The maximum absolute atomic E-state index is 10.8. The number of rotatable bonds is 3. The van der Waals surface area contributed by atoms with Gasteiger partial charge in [-0.3, -0.25) is 0 Å². The molecule has 0 aliphatic carbocycles. The molecule has 9 heteroatoms. The lowest BCUT2D eigenvalue weighted by Crippen LogP contribution is -2.17. The molecule has 8 nitrogen and oxygen atoms in total. The zero-order chi connectivity index (χ0) is 10.8. The number of hydrogen-bond acceptors (Lipinski definition) is 7. The van der Waals surface area contributed by atoms with Gasteiger partial charge in [0, 0.05) is 0 Å². The molecule has 15 heavy (non-hydrogen) atoms. The van der Waals surface area contributed by atoms with Crippen LogP contribution < -0.4 is 0 Å². The molecule has 0 amide bonds. The standard InChI is InChI=1S/C6H6N6O2S/c1-3(6(13)14)12-5(8-9-10-12)4-2-7-11-15-4/h2-3H,1H3,(H,13,14). The van der Waals surface area contributed by atoms with Crippen LogP contribution in [0.2, 0.25) is 0 Å². The normalized spacial score (nSPS) is 12.6. The average molecular weight is 226 g/mol. The molecule has 1 atom stereocenters. The first-order valence-electron chi connectivity index (χ1n) is 3.98. The molecule has 0 aliphatic rings. The monoisotopic (exact) mass is 226 g/mol. The van der Waals surface area contributed by atoms with Crippen molar-refractivity contribution < 1.29 is 9.90 Å². The minimum Gasteiger partial charge on any atom is -0.480 e. The van der Waals surface area contributed by atoms with Crippen molar-refractivity contribution in [2.45, 2.75) is 13.0 Å². The highest BCUT2D eigenvalue weighted by molar-refractivity contribution is 7.09. The summed E-state index contributed by atoms with van der Waals surface area (Å²) in [5, 5.41) is 23.2. The molecule has 2 aromatic heterocycles. The molecule has 1 unspecified atom stereocenters. The molecule has 0 radical (unpaired) electrons. The second-order valence-electron chi connectivity index (χ2n) is 2.74. The summed E-state index contributed by atoms with van der Waals surface area (Å²) < 4.78 is 4.88. The van der Waals surface area contributed by atoms with Crippen LogP contribution in [-0.2, 0) is 4.79 Å². The summed E-state index contributed by atoms with van der Waals surface area (Å²) in [6, 6.07) is -0.822. The van der Waals surface area contributed by atoms with E-state index in [1.54, 1.807) is 0 Å². The number of aliphatic carboxylic acids is 1. The van der Waals surface area contributed by atoms with Gasteiger partial charge in [0.2, 0.25) is 0 Å². The van der Waals surface area contributed by atoms with E-state index in [0.29, 0.717) is 10.7 Å². The van der Waals surface area contributed by atoms with E-state index in [0.717, 1.165) is 11.5 Å². The Morgan fingerprint density at radius 3 is 3.07 bits per heavy atom. The van der Waals surface area contributed by atoms with Gasteiger partial charge in [-0.25, -0.2) is 9.48 Å². The van der Waals surface area contributed by atoms with Gasteiger partial charge in [-0.1, -0.05) is 4.49 Å². The Labute approximate surface area is 87.7 Å². The van der Waals surface area contributed by atoms with Gasteiger partial charge < -0.3 is 5.11 Å². The lowest BCUT2D eigenvalue weighted by atomic mass is 10.3. The Hall–Kier alpha value is -1.90. The fourth-order valence-electron chi connectivity index (χ4n) is 0.987. The summed E-state index contributed by atoms with van der Waals surface area (Å²) in [7, 11) is 0. The lowest BCUT2D eigenvalue weighted by Gasteiger charge is -2.06. The third-order valence-corrected chi connectivity index (χ3v) is 2.46. The van der Waals surface area contributed by atoms with Crippen molar-refractivity contribution >= 4 is 17.5 Å². The summed E-state index contributed by atoms with van der Waals surface area (Å²) in [6.45, 7) is 1.50. The van der Waals surface area contributed by atoms with Crippen LogP contribution in [0.15, 0.2) is 6.20 Å². The van der Waals surface area contributed by atoms with Crippen LogP contribution in [-0.4, -0.2) is 40.9 Å². The number of hydrogen-bond donors (Lipinski definition) is 1. The molecule has 0 aliphatic heterocycles. The molecular weight excluding hydrogens is 220 g/mol.